The molecule has 1 N–H and O–H groups in total. The summed E-state index contributed by atoms with van der Waals surface area (Å²) in [7, 11) is 1.64. The van der Waals surface area contributed by atoms with Crippen molar-refractivity contribution in [1.82, 2.24) is 10.2 Å². The fraction of sp³-hybridized carbons (Fsp3) is 0.367. The highest BCUT2D eigenvalue weighted by molar-refractivity contribution is 6.30. The summed E-state index contributed by atoms with van der Waals surface area (Å²) in [5.74, 6) is 2.36. The standard InChI is InChI=1S/C30H33ClN2O3/c1-35-27-9-2-3-10-28(27)36-26-8-6-7-22(19-26)20-33-18-15-25(21-33)32-29(34)30(16-4-5-17-30)23-11-13-24(31)14-12-23/h2-3,6-14,19,25H,4-5,15-18,20-21H2,1H3,(H,32,34)/t25-/m0/s1. The van der Waals surface area contributed by atoms with Crippen LogP contribution in [0, 0.1) is 0 Å². The Balaban J connectivity index is 1.20. The first-order valence-electron chi connectivity index (χ1n) is 12.7. The highest BCUT2D eigenvalue weighted by Gasteiger charge is 2.43. The number of carbonyl (C=O) groups excluding carboxylic acids is 1. The number of carbonyl (C=O) groups is 1. The molecule has 1 heterocycles. The van der Waals surface area contributed by atoms with Crippen molar-refractivity contribution >= 4 is 17.5 Å². The van der Waals surface area contributed by atoms with Crippen molar-refractivity contribution in [2.75, 3.05) is 20.2 Å². The lowest BCUT2D eigenvalue weighted by molar-refractivity contribution is -0.127. The molecule has 0 bridgehead atoms. The molecule has 36 heavy (non-hydrogen) atoms. The molecule has 6 heteroatoms. The molecule has 0 spiro atoms. The number of methoxy groups -OCH3 is 1. The Morgan fingerprint density at radius 1 is 1.03 bits per heavy atom. The van der Waals surface area contributed by atoms with Gasteiger partial charge in [0.05, 0.1) is 12.5 Å². The van der Waals surface area contributed by atoms with Gasteiger partial charge in [0.2, 0.25) is 5.91 Å². The highest BCUT2D eigenvalue weighted by atomic mass is 35.5. The second-order valence-corrected chi connectivity index (χ2v) is 10.3. The summed E-state index contributed by atoms with van der Waals surface area (Å²) in [6.45, 7) is 2.62. The van der Waals surface area contributed by atoms with Gasteiger partial charge in [-0.2, -0.15) is 0 Å². The van der Waals surface area contributed by atoms with Gasteiger partial charge in [0.15, 0.2) is 11.5 Å². The zero-order valence-electron chi connectivity index (χ0n) is 20.7. The van der Waals surface area contributed by atoms with Gasteiger partial charge in [-0.15, -0.1) is 0 Å². The van der Waals surface area contributed by atoms with E-state index in [0.29, 0.717) is 16.5 Å². The van der Waals surface area contributed by atoms with E-state index >= 15 is 0 Å². The molecule has 1 saturated heterocycles. The minimum absolute atomic E-state index is 0.162. The number of likely N-dealkylation sites (tertiary alicyclic amines) is 1. The van der Waals surface area contributed by atoms with Crippen LogP contribution in [0.25, 0.3) is 0 Å². The lowest BCUT2D eigenvalue weighted by atomic mass is 9.78. The number of rotatable bonds is 8. The smallest absolute Gasteiger partial charge is 0.230 e. The normalized spacial score (nSPS) is 19.2. The molecule has 1 saturated carbocycles. The van der Waals surface area contributed by atoms with Crippen LogP contribution < -0.4 is 14.8 Å². The van der Waals surface area contributed by atoms with Crippen molar-refractivity contribution in [3.8, 4) is 17.2 Å². The predicted octanol–water partition coefficient (Wildman–Crippen LogP) is 6.34. The quantitative estimate of drug-likeness (QED) is 0.388. The second kappa shape index (κ2) is 10.9. The monoisotopic (exact) mass is 504 g/mol. The molecule has 2 fully saturated rings. The molecule has 0 aromatic heterocycles. The van der Waals surface area contributed by atoms with Gasteiger partial charge in [-0.25, -0.2) is 0 Å². The molecule has 2 aliphatic rings. The van der Waals surface area contributed by atoms with Gasteiger partial charge >= 0.3 is 0 Å². The third-order valence-electron chi connectivity index (χ3n) is 7.50. The molecule has 5 nitrogen and oxygen atoms in total. The first-order chi connectivity index (χ1) is 17.6. The number of hydrogen-bond donors (Lipinski definition) is 1. The first-order valence-corrected chi connectivity index (χ1v) is 13.1. The molecule has 1 amide bonds. The Morgan fingerprint density at radius 2 is 1.78 bits per heavy atom. The Hall–Kier alpha value is -3.02. The van der Waals surface area contributed by atoms with Gasteiger partial charge in [0, 0.05) is 30.7 Å². The second-order valence-electron chi connectivity index (χ2n) is 9.89. The van der Waals surface area contributed by atoms with E-state index in [4.69, 9.17) is 21.1 Å². The fourth-order valence-electron chi connectivity index (χ4n) is 5.61. The van der Waals surface area contributed by atoms with Crippen LogP contribution in [0.15, 0.2) is 72.8 Å². The van der Waals surface area contributed by atoms with Crippen molar-refractivity contribution in [2.45, 2.75) is 50.1 Å². The van der Waals surface area contributed by atoms with Gasteiger partial charge in [-0.05, 0) is 66.8 Å². The van der Waals surface area contributed by atoms with E-state index in [1.165, 1.54) is 5.56 Å². The minimum atomic E-state index is -0.428. The summed E-state index contributed by atoms with van der Waals surface area (Å²) in [5, 5.41) is 4.10. The summed E-state index contributed by atoms with van der Waals surface area (Å²) in [4.78, 5) is 16.0. The van der Waals surface area contributed by atoms with E-state index in [2.05, 4.69) is 22.3 Å². The molecule has 3 aromatic rings. The maximum Gasteiger partial charge on any atom is 0.230 e. The van der Waals surface area contributed by atoms with E-state index in [-0.39, 0.29) is 11.9 Å². The summed E-state index contributed by atoms with van der Waals surface area (Å²) in [6.07, 6.45) is 4.92. The lowest BCUT2D eigenvalue weighted by Crippen LogP contribution is -2.47. The van der Waals surface area contributed by atoms with Gasteiger partial charge in [0.25, 0.3) is 0 Å². The van der Waals surface area contributed by atoms with Gasteiger partial charge in [-0.3, -0.25) is 9.69 Å². The molecular formula is C30H33ClN2O3. The number of halogens is 1. The number of ether oxygens (including phenoxy) is 2. The van der Waals surface area contributed by atoms with Crippen LogP contribution in [0.2, 0.25) is 5.02 Å². The van der Waals surface area contributed by atoms with E-state index < -0.39 is 5.41 Å². The zero-order chi connectivity index (χ0) is 25.0. The predicted molar refractivity (Wildman–Crippen MR) is 143 cm³/mol. The number of nitrogens with one attached hydrogen (secondary N) is 1. The molecule has 0 radical (unpaired) electrons. The van der Waals surface area contributed by atoms with Gasteiger partial charge in [0.1, 0.15) is 5.75 Å². The van der Waals surface area contributed by atoms with Crippen molar-refractivity contribution in [1.29, 1.82) is 0 Å². The van der Waals surface area contributed by atoms with Crippen LogP contribution in [0.5, 0.6) is 17.2 Å². The van der Waals surface area contributed by atoms with Crippen LogP contribution in [0.4, 0.5) is 0 Å². The van der Waals surface area contributed by atoms with Crippen molar-refractivity contribution < 1.29 is 14.3 Å². The number of benzene rings is 3. The molecule has 188 valence electrons. The first kappa shape index (κ1) is 24.7. The summed E-state index contributed by atoms with van der Waals surface area (Å²) in [5.41, 5.74) is 1.84. The molecule has 1 atom stereocenters. The van der Waals surface area contributed by atoms with Crippen molar-refractivity contribution in [2.24, 2.45) is 0 Å². The number of nitrogens with zero attached hydrogens (tertiary/aromatic N) is 1. The molecule has 0 unspecified atom stereocenters. The van der Waals surface area contributed by atoms with Crippen molar-refractivity contribution in [3.05, 3.63) is 88.9 Å². The maximum absolute atomic E-state index is 13.6. The molecule has 1 aliphatic carbocycles. The van der Waals surface area contributed by atoms with Crippen molar-refractivity contribution in [3.63, 3.8) is 0 Å². The Bertz CT molecular complexity index is 1190. The summed E-state index contributed by atoms with van der Waals surface area (Å²) < 4.78 is 11.5. The highest BCUT2D eigenvalue weighted by Crippen LogP contribution is 2.42. The largest absolute Gasteiger partial charge is 0.493 e. The number of amides is 1. The Morgan fingerprint density at radius 3 is 2.53 bits per heavy atom. The van der Waals surface area contributed by atoms with Crippen LogP contribution >= 0.6 is 11.6 Å². The van der Waals surface area contributed by atoms with Crippen LogP contribution in [-0.4, -0.2) is 37.0 Å². The van der Waals surface area contributed by atoms with Gasteiger partial charge in [-0.1, -0.05) is 60.8 Å². The number of hydrogen-bond acceptors (Lipinski definition) is 4. The molecule has 1 aliphatic heterocycles. The topological polar surface area (TPSA) is 50.8 Å². The third kappa shape index (κ3) is 5.37. The Labute approximate surface area is 218 Å². The van der Waals surface area contributed by atoms with Crippen LogP contribution in [0.3, 0.4) is 0 Å². The lowest BCUT2D eigenvalue weighted by Gasteiger charge is -2.30. The van der Waals surface area contributed by atoms with Crippen LogP contribution in [0.1, 0.15) is 43.2 Å². The zero-order valence-corrected chi connectivity index (χ0v) is 21.5. The van der Waals surface area contributed by atoms with Crippen LogP contribution in [-0.2, 0) is 16.8 Å². The van der Waals surface area contributed by atoms with Gasteiger partial charge < -0.3 is 14.8 Å². The van der Waals surface area contributed by atoms with E-state index in [9.17, 15) is 4.79 Å². The average molecular weight is 505 g/mol. The molecule has 3 aromatic carbocycles. The number of para-hydroxylation sites is 2. The SMILES string of the molecule is COc1ccccc1Oc1cccc(CN2CC[C@H](NC(=O)C3(c4ccc(Cl)cc4)CCCC3)C2)c1. The van der Waals surface area contributed by atoms with E-state index in [1.807, 2.05) is 60.7 Å². The van der Waals surface area contributed by atoms with E-state index in [1.54, 1.807) is 7.11 Å². The summed E-state index contributed by atoms with van der Waals surface area (Å²) >= 11 is 6.11. The summed E-state index contributed by atoms with van der Waals surface area (Å²) in [6, 6.07) is 23.8. The molecule has 5 rings (SSSR count). The fourth-order valence-corrected chi connectivity index (χ4v) is 5.73. The van der Waals surface area contributed by atoms with E-state index in [0.717, 1.165) is 63.1 Å². The average Bonchev–Trinajstić information content (AvgIpc) is 3.56. The molecular weight excluding hydrogens is 472 g/mol. The minimum Gasteiger partial charge on any atom is -0.493 e. The maximum atomic E-state index is 13.6. The Kier molecular flexibility index (Phi) is 7.49. The third-order valence-corrected chi connectivity index (χ3v) is 7.75.